The summed E-state index contributed by atoms with van der Waals surface area (Å²) in [5, 5.41) is 0. The number of halogens is 1. The molecule has 4 rings (SSSR count). The van der Waals surface area contributed by atoms with Crippen molar-refractivity contribution in [2.24, 2.45) is 0 Å². The predicted octanol–water partition coefficient (Wildman–Crippen LogP) is 4.55. The molecule has 28 heavy (non-hydrogen) atoms. The van der Waals surface area contributed by atoms with Gasteiger partial charge < -0.3 is 9.47 Å². The maximum absolute atomic E-state index is 13.1. The molecular formula is C21H16FNO3S2. The van der Waals surface area contributed by atoms with Gasteiger partial charge in [0.2, 0.25) is 0 Å². The molecule has 2 heterocycles. The van der Waals surface area contributed by atoms with Gasteiger partial charge in [-0.2, -0.15) is 0 Å². The summed E-state index contributed by atoms with van der Waals surface area (Å²) in [6.07, 6.45) is 3.79. The number of thiocarbonyl (C=S) groups is 1. The quantitative estimate of drug-likeness (QED) is 0.543. The van der Waals surface area contributed by atoms with Gasteiger partial charge >= 0.3 is 0 Å². The second-order valence-corrected chi connectivity index (χ2v) is 7.96. The molecule has 142 valence electrons. The van der Waals surface area contributed by atoms with Crippen LogP contribution in [-0.4, -0.2) is 28.8 Å². The molecule has 0 aromatic heterocycles. The number of rotatable bonds is 4. The molecule has 0 atom stereocenters. The van der Waals surface area contributed by atoms with Crippen molar-refractivity contribution in [2.45, 2.75) is 6.54 Å². The van der Waals surface area contributed by atoms with Crippen LogP contribution in [0.3, 0.4) is 0 Å². The van der Waals surface area contributed by atoms with Gasteiger partial charge in [-0.1, -0.05) is 48.2 Å². The zero-order chi connectivity index (χ0) is 19.7. The summed E-state index contributed by atoms with van der Waals surface area (Å²) in [5.41, 5.74) is 2.60. The Morgan fingerprint density at radius 3 is 2.82 bits per heavy atom. The predicted molar refractivity (Wildman–Crippen MR) is 112 cm³/mol. The van der Waals surface area contributed by atoms with E-state index in [1.54, 1.807) is 19.2 Å². The van der Waals surface area contributed by atoms with E-state index >= 15 is 0 Å². The Kier molecular flexibility index (Phi) is 5.19. The van der Waals surface area contributed by atoms with Gasteiger partial charge in [0.15, 0.2) is 11.5 Å². The Labute approximate surface area is 171 Å². The van der Waals surface area contributed by atoms with Crippen LogP contribution in [0.25, 0.3) is 6.08 Å². The van der Waals surface area contributed by atoms with Crippen molar-refractivity contribution in [1.82, 2.24) is 4.90 Å². The first-order valence-electron chi connectivity index (χ1n) is 8.55. The van der Waals surface area contributed by atoms with E-state index in [9.17, 15) is 9.18 Å². The fraction of sp³-hybridized carbons (Fsp3) is 0.143. The Morgan fingerprint density at radius 1 is 1.29 bits per heavy atom. The summed E-state index contributed by atoms with van der Waals surface area (Å²) in [4.78, 5) is 14.9. The normalized spacial score (nSPS) is 17.4. The molecule has 2 aliphatic rings. The number of benzene rings is 2. The second-order valence-electron chi connectivity index (χ2n) is 6.28. The molecule has 2 aromatic rings. The molecule has 0 radical (unpaired) electrons. The van der Waals surface area contributed by atoms with E-state index in [0.29, 0.717) is 33.9 Å². The zero-order valence-corrected chi connectivity index (χ0v) is 16.6. The van der Waals surface area contributed by atoms with Crippen molar-refractivity contribution < 1.29 is 18.7 Å². The van der Waals surface area contributed by atoms with E-state index in [0.717, 1.165) is 16.7 Å². The van der Waals surface area contributed by atoms with Gasteiger partial charge in [0.1, 0.15) is 16.7 Å². The smallest absolute Gasteiger partial charge is 0.266 e. The third kappa shape index (κ3) is 3.68. The van der Waals surface area contributed by atoms with Gasteiger partial charge in [-0.25, -0.2) is 4.39 Å². The number of para-hydroxylation sites is 1. The highest BCUT2D eigenvalue weighted by atomic mass is 32.2. The molecule has 2 aliphatic heterocycles. The summed E-state index contributed by atoms with van der Waals surface area (Å²) < 4.78 is 24.7. The lowest BCUT2D eigenvalue weighted by Crippen LogP contribution is -2.27. The summed E-state index contributed by atoms with van der Waals surface area (Å²) in [6.45, 7) is 0.660. The molecule has 2 aromatic carbocycles. The number of hydrogen-bond acceptors (Lipinski definition) is 5. The van der Waals surface area contributed by atoms with Gasteiger partial charge in [-0.3, -0.25) is 9.69 Å². The fourth-order valence-electron chi connectivity index (χ4n) is 3.02. The van der Waals surface area contributed by atoms with E-state index in [-0.39, 0.29) is 11.7 Å². The van der Waals surface area contributed by atoms with Gasteiger partial charge in [-0.15, -0.1) is 0 Å². The van der Waals surface area contributed by atoms with Crippen molar-refractivity contribution in [3.05, 3.63) is 76.0 Å². The van der Waals surface area contributed by atoms with Gasteiger partial charge in [-0.05, 0) is 41.5 Å². The fourth-order valence-corrected chi connectivity index (χ4v) is 4.29. The molecule has 0 unspecified atom stereocenters. The van der Waals surface area contributed by atoms with Crippen molar-refractivity contribution in [3.63, 3.8) is 0 Å². The van der Waals surface area contributed by atoms with Crippen molar-refractivity contribution >= 4 is 40.3 Å². The third-order valence-corrected chi connectivity index (χ3v) is 5.78. The Hall–Kier alpha value is -2.64. The maximum atomic E-state index is 13.1. The minimum Gasteiger partial charge on any atom is -0.493 e. The van der Waals surface area contributed by atoms with Gasteiger partial charge in [0.25, 0.3) is 5.91 Å². The highest BCUT2D eigenvalue weighted by Crippen LogP contribution is 2.38. The van der Waals surface area contributed by atoms with Crippen LogP contribution >= 0.6 is 24.0 Å². The van der Waals surface area contributed by atoms with Gasteiger partial charge in [0, 0.05) is 5.56 Å². The highest BCUT2D eigenvalue weighted by molar-refractivity contribution is 8.26. The summed E-state index contributed by atoms with van der Waals surface area (Å²) in [6, 6.07) is 11.7. The Morgan fingerprint density at radius 2 is 2.07 bits per heavy atom. The lowest BCUT2D eigenvalue weighted by molar-refractivity contribution is -0.122. The van der Waals surface area contributed by atoms with E-state index in [4.69, 9.17) is 21.7 Å². The number of carbonyl (C=O) groups is 1. The van der Waals surface area contributed by atoms with Gasteiger partial charge in [0.05, 0.1) is 18.6 Å². The third-order valence-electron chi connectivity index (χ3n) is 4.40. The SMILES string of the molecule is COc1cccc2c1OCC(/C=C1\SC(=S)N(Cc3ccc(F)cc3)C1=O)=C2. The monoisotopic (exact) mass is 413 g/mol. The van der Waals surface area contributed by atoms with Crippen molar-refractivity contribution in [3.8, 4) is 11.5 Å². The van der Waals surface area contributed by atoms with Crippen LogP contribution in [0.4, 0.5) is 4.39 Å². The summed E-state index contributed by atoms with van der Waals surface area (Å²) in [5.74, 6) is 0.913. The molecule has 1 amide bonds. The highest BCUT2D eigenvalue weighted by Gasteiger charge is 2.32. The van der Waals surface area contributed by atoms with E-state index in [1.807, 2.05) is 30.4 Å². The topological polar surface area (TPSA) is 38.8 Å². The van der Waals surface area contributed by atoms with Crippen molar-refractivity contribution in [2.75, 3.05) is 13.7 Å². The Bertz CT molecular complexity index is 1010. The number of thioether (sulfide) groups is 1. The van der Waals surface area contributed by atoms with Crippen LogP contribution < -0.4 is 9.47 Å². The van der Waals surface area contributed by atoms with Crippen molar-refractivity contribution in [1.29, 1.82) is 0 Å². The number of amides is 1. The maximum Gasteiger partial charge on any atom is 0.266 e. The van der Waals surface area contributed by atoms with Crippen LogP contribution in [-0.2, 0) is 11.3 Å². The molecule has 0 bridgehead atoms. The zero-order valence-electron chi connectivity index (χ0n) is 15.0. The lowest BCUT2D eigenvalue weighted by atomic mass is 10.1. The molecule has 0 spiro atoms. The molecule has 4 nitrogen and oxygen atoms in total. The first-order valence-corrected chi connectivity index (χ1v) is 9.78. The van der Waals surface area contributed by atoms with E-state index in [1.165, 1.54) is 28.8 Å². The van der Waals surface area contributed by atoms with Crippen LogP contribution in [0.2, 0.25) is 0 Å². The number of fused-ring (bicyclic) bond motifs is 1. The molecule has 1 fully saturated rings. The number of methoxy groups -OCH3 is 1. The minimum atomic E-state index is -0.310. The second kappa shape index (κ2) is 7.77. The molecule has 7 heteroatoms. The average molecular weight is 413 g/mol. The average Bonchev–Trinajstić information content (AvgIpc) is 2.96. The molecule has 1 saturated heterocycles. The number of nitrogens with zero attached hydrogens (tertiary/aromatic N) is 1. The number of ether oxygens (including phenoxy) is 2. The minimum absolute atomic E-state index is 0.156. The first-order chi connectivity index (χ1) is 13.5. The first kappa shape index (κ1) is 18.7. The van der Waals surface area contributed by atoms with Crippen LogP contribution in [0.1, 0.15) is 11.1 Å². The lowest BCUT2D eigenvalue weighted by Gasteiger charge is -2.18. The van der Waals surface area contributed by atoms with E-state index in [2.05, 4.69) is 0 Å². The molecular weight excluding hydrogens is 397 g/mol. The summed E-state index contributed by atoms with van der Waals surface area (Å²) in [7, 11) is 1.60. The summed E-state index contributed by atoms with van der Waals surface area (Å²) >= 11 is 6.63. The van der Waals surface area contributed by atoms with Crippen LogP contribution in [0.5, 0.6) is 11.5 Å². The Balaban J connectivity index is 1.55. The number of hydrogen-bond donors (Lipinski definition) is 0. The van der Waals surface area contributed by atoms with E-state index < -0.39 is 0 Å². The van der Waals surface area contributed by atoms with Crippen LogP contribution in [0.15, 0.2) is 59.0 Å². The molecule has 0 saturated carbocycles. The number of carbonyl (C=O) groups excluding carboxylic acids is 1. The molecule has 0 N–H and O–H groups in total. The standard InChI is InChI=1S/C21H16FNO3S2/c1-25-17-4-2-3-15-9-14(12-26-19(15)17)10-18-20(24)23(21(27)28-18)11-13-5-7-16(22)8-6-13/h2-10H,11-12H2,1H3/b18-10-. The van der Waals surface area contributed by atoms with Crippen LogP contribution in [0, 0.1) is 5.82 Å². The largest absolute Gasteiger partial charge is 0.493 e. The molecule has 0 aliphatic carbocycles.